The maximum Gasteiger partial charge on any atom is 0.0602 e. The molecule has 21 heavy (non-hydrogen) atoms. The smallest absolute Gasteiger partial charge is 0.0602 e. The van der Waals surface area contributed by atoms with E-state index in [1.54, 1.807) is 0 Å². The van der Waals surface area contributed by atoms with E-state index >= 15 is 0 Å². The van der Waals surface area contributed by atoms with E-state index in [0.29, 0.717) is 22.7 Å². The molecule has 8 unspecified atom stereocenters. The number of fused-ring (bicyclic) bond motifs is 5. The molecule has 3 fully saturated rings. The Morgan fingerprint density at radius 3 is 2.05 bits per heavy atom. The second kappa shape index (κ2) is 4.73. The van der Waals surface area contributed by atoms with Gasteiger partial charge in [0.15, 0.2) is 0 Å². The van der Waals surface area contributed by atoms with Crippen LogP contribution in [0.2, 0.25) is 0 Å². The number of rotatable bonds is 1. The lowest BCUT2D eigenvalue weighted by Crippen LogP contribution is -2.39. The average Bonchev–Trinajstić information content (AvgIpc) is 2.89. The van der Waals surface area contributed by atoms with Crippen molar-refractivity contribution in [2.45, 2.75) is 73.8 Å². The van der Waals surface area contributed by atoms with Crippen LogP contribution >= 0.6 is 0 Å². The Morgan fingerprint density at radius 2 is 1.52 bits per heavy atom. The van der Waals surface area contributed by atoms with Crippen LogP contribution in [0.25, 0.3) is 0 Å². The molecule has 3 aliphatic carbocycles. The predicted octanol–water partition coefficient (Wildman–Crippen LogP) is 4.98. The van der Waals surface area contributed by atoms with Gasteiger partial charge in [-0.3, -0.25) is 0 Å². The third kappa shape index (κ3) is 2.48. The molecule has 0 aromatic carbocycles. The molecule has 0 aromatic heterocycles. The zero-order valence-corrected chi connectivity index (χ0v) is 15.2. The fourth-order valence-electron chi connectivity index (χ4n) is 6.68. The molecule has 0 amide bonds. The summed E-state index contributed by atoms with van der Waals surface area (Å²) in [5.74, 6) is 5.39. The molecule has 0 aromatic rings. The van der Waals surface area contributed by atoms with Crippen molar-refractivity contribution in [3.05, 3.63) is 0 Å². The molecule has 1 heteroatoms. The maximum absolute atomic E-state index is 10.9. The van der Waals surface area contributed by atoms with Gasteiger partial charge in [0.2, 0.25) is 0 Å². The molecule has 3 rings (SSSR count). The van der Waals surface area contributed by atoms with E-state index in [4.69, 9.17) is 0 Å². The summed E-state index contributed by atoms with van der Waals surface area (Å²) in [5, 5.41) is 10.9. The second-order valence-corrected chi connectivity index (χ2v) is 10.8. The van der Waals surface area contributed by atoms with E-state index in [1.165, 1.54) is 19.3 Å². The third-order valence-electron chi connectivity index (χ3n) is 7.24. The van der Waals surface area contributed by atoms with Crippen LogP contribution in [-0.2, 0) is 0 Å². The van der Waals surface area contributed by atoms with E-state index < -0.39 is 0 Å². The summed E-state index contributed by atoms with van der Waals surface area (Å²) in [6.45, 7) is 16.8. The van der Waals surface area contributed by atoms with Crippen LogP contribution in [0.3, 0.4) is 0 Å². The van der Waals surface area contributed by atoms with Gasteiger partial charge in [0.1, 0.15) is 0 Å². The Labute approximate surface area is 131 Å². The van der Waals surface area contributed by atoms with Crippen LogP contribution in [0.15, 0.2) is 0 Å². The van der Waals surface area contributed by atoms with Crippen LogP contribution in [-0.4, -0.2) is 11.2 Å². The summed E-state index contributed by atoms with van der Waals surface area (Å²) >= 11 is 0. The van der Waals surface area contributed by atoms with Crippen molar-refractivity contribution >= 4 is 0 Å². The summed E-state index contributed by atoms with van der Waals surface area (Å²) in [7, 11) is 0. The number of aliphatic hydroxyl groups is 1. The second-order valence-electron chi connectivity index (χ2n) is 10.8. The van der Waals surface area contributed by atoms with Gasteiger partial charge < -0.3 is 5.11 Å². The van der Waals surface area contributed by atoms with Crippen LogP contribution in [0.5, 0.6) is 0 Å². The largest absolute Gasteiger partial charge is 0.393 e. The normalized spacial score (nSPS) is 49.7. The highest BCUT2D eigenvalue weighted by atomic mass is 16.3. The minimum atomic E-state index is -0.0126. The number of hydrogen-bond donors (Lipinski definition) is 1. The van der Waals surface area contributed by atoms with Gasteiger partial charge in [-0.25, -0.2) is 0 Å². The van der Waals surface area contributed by atoms with E-state index in [-0.39, 0.29) is 6.10 Å². The third-order valence-corrected chi connectivity index (χ3v) is 7.24. The van der Waals surface area contributed by atoms with Gasteiger partial charge in [0.05, 0.1) is 6.10 Å². The summed E-state index contributed by atoms with van der Waals surface area (Å²) in [5.41, 5.74) is 0.768. The van der Waals surface area contributed by atoms with Crippen LogP contribution in [0.1, 0.15) is 67.7 Å². The Balaban J connectivity index is 1.82. The topological polar surface area (TPSA) is 20.2 Å². The number of aliphatic hydroxyl groups excluding tert-OH is 1. The summed E-state index contributed by atoms with van der Waals surface area (Å²) in [6.07, 6.45) is 3.88. The summed E-state index contributed by atoms with van der Waals surface area (Å²) in [6, 6.07) is 0. The average molecular weight is 293 g/mol. The molecule has 0 radical (unpaired) electrons. The molecule has 1 nitrogen and oxygen atoms in total. The van der Waals surface area contributed by atoms with Gasteiger partial charge >= 0.3 is 0 Å². The highest BCUT2D eigenvalue weighted by molar-refractivity contribution is 5.11. The van der Waals surface area contributed by atoms with Gasteiger partial charge in [0.25, 0.3) is 0 Å². The van der Waals surface area contributed by atoms with Gasteiger partial charge in [-0.1, -0.05) is 48.5 Å². The van der Waals surface area contributed by atoms with Crippen LogP contribution in [0, 0.1) is 52.3 Å². The SMILES string of the molecule is CC1C2C3CC(C(O)C3CC(C)(C)C)C2CC1C(C)(C)C. The lowest BCUT2D eigenvalue weighted by Gasteiger charge is -2.40. The number of hydrogen-bond acceptors (Lipinski definition) is 1. The minimum Gasteiger partial charge on any atom is -0.393 e. The van der Waals surface area contributed by atoms with Crippen molar-refractivity contribution in [1.82, 2.24) is 0 Å². The first-order valence-corrected chi connectivity index (χ1v) is 9.19. The summed E-state index contributed by atoms with van der Waals surface area (Å²) < 4.78 is 0. The lowest BCUT2D eigenvalue weighted by atomic mass is 9.66. The van der Waals surface area contributed by atoms with Gasteiger partial charge in [-0.05, 0) is 71.5 Å². The lowest BCUT2D eigenvalue weighted by molar-refractivity contribution is -0.0113. The van der Waals surface area contributed by atoms with Crippen molar-refractivity contribution in [3.63, 3.8) is 0 Å². The first kappa shape index (κ1) is 15.8. The zero-order chi connectivity index (χ0) is 15.7. The standard InChI is InChI=1S/C20H36O/c1-11-16(20(5,6)7)9-13-14-8-12(17(11)13)15(18(14)21)10-19(2,3)4/h11-18,21H,8-10H2,1-7H3. The Bertz CT molecular complexity index is 399. The van der Waals surface area contributed by atoms with Crippen molar-refractivity contribution in [2.75, 3.05) is 0 Å². The molecule has 1 N–H and O–H groups in total. The van der Waals surface area contributed by atoms with Crippen molar-refractivity contribution in [2.24, 2.45) is 52.3 Å². The maximum atomic E-state index is 10.9. The van der Waals surface area contributed by atoms with Gasteiger partial charge in [-0.15, -0.1) is 0 Å². The molecular weight excluding hydrogens is 256 g/mol. The quantitative estimate of drug-likeness (QED) is 0.722. The van der Waals surface area contributed by atoms with Crippen molar-refractivity contribution < 1.29 is 5.11 Å². The molecule has 3 aliphatic rings. The summed E-state index contributed by atoms with van der Waals surface area (Å²) in [4.78, 5) is 0. The minimum absolute atomic E-state index is 0.0126. The predicted molar refractivity (Wildman–Crippen MR) is 88.9 cm³/mol. The van der Waals surface area contributed by atoms with E-state index in [2.05, 4.69) is 48.5 Å². The Kier molecular flexibility index (Phi) is 3.57. The molecule has 2 bridgehead atoms. The van der Waals surface area contributed by atoms with Crippen molar-refractivity contribution in [1.29, 1.82) is 0 Å². The fraction of sp³-hybridized carbons (Fsp3) is 1.00. The molecule has 0 heterocycles. The highest BCUT2D eigenvalue weighted by Crippen LogP contribution is 2.67. The Hall–Kier alpha value is -0.0400. The molecule has 3 saturated carbocycles. The monoisotopic (exact) mass is 292 g/mol. The molecular formula is C20H36O. The molecule has 0 saturated heterocycles. The van der Waals surface area contributed by atoms with Gasteiger partial charge in [0, 0.05) is 0 Å². The fourth-order valence-corrected chi connectivity index (χ4v) is 6.68. The zero-order valence-electron chi connectivity index (χ0n) is 15.2. The Morgan fingerprint density at radius 1 is 0.905 bits per heavy atom. The first-order chi connectivity index (χ1) is 9.50. The van der Waals surface area contributed by atoms with E-state index in [1.807, 2.05) is 0 Å². The van der Waals surface area contributed by atoms with E-state index in [9.17, 15) is 5.11 Å². The first-order valence-electron chi connectivity index (χ1n) is 9.19. The van der Waals surface area contributed by atoms with E-state index in [0.717, 1.165) is 29.6 Å². The van der Waals surface area contributed by atoms with Crippen molar-refractivity contribution in [3.8, 4) is 0 Å². The van der Waals surface area contributed by atoms with Crippen LogP contribution < -0.4 is 0 Å². The molecule has 0 aliphatic heterocycles. The molecule has 122 valence electrons. The highest BCUT2D eigenvalue weighted by Gasteiger charge is 2.63. The molecule has 0 spiro atoms. The molecule has 8 atom stereocenters. The van der Waals surface area contributed by atoms with Crippen LogP contribution in [0.4, 0.5) is 0 Å². The van der Waals surface area contributed by atoms with Gasteiger partial charge in [-0.2, -0.15) is 0 Å².